The molecule has 4 heteroatoms. The molecule has 0 spiro atoms. The standard InChI is InChI=1S/C26H33NO3/c1-4-6-11-24-25(22-10-7-8-12-23(22)30-24)26(28)20-13-15-21(16-14-20)29-18-9-17-27-19(3)5-2/h7-8,10,12-16,19,27H,4-6,9,11,17-18H2,1-3H3. The van der Waals surface area contributed by atoms with Crippen molar-refractivity contribution >= 4 is 16.8 Å². The molecule has 2 aromatic carbocycles. The molecule has 0 aliphatic heterocycles. The van der Waals surface area contributed by atoms with E-state index >= 15 is 0 Å². The number of hydrogen-bond acceptors (Lipinski definition) is 4. The average Bonchev–Trinajstić information content (AvgIpc) is 3.15. The third kappa shape index (κ3) is 5.51. The third-order valence-electron chi connectivity index (χ3n) is 5.46. The zero-order chi connectivity index (χ0) is 21.3. The van der Waals surface area contributed by atoms with E-state index in [1.807, 2.05) is 48.5 Å². The molecule has 4 nitrogen and oxygen atoms in total. The van der Waals surface area contributed by atoms with Crippen LogP contribution in [0, 0.1) is 0 Å². The van der Waals surface area contributed by atoms with Gasteiger partial charge in [0.05, 0.1) is 12.2 Å². The van der Waals surface area contributed by atoms with Crippen LogP contribution < -0.4 is 10.1 Å². The van der Waals surface area contributed by atoms with Gasteiger partial charge in [0.25, 0.3) is 0 Å². The Bertz CT molecular complexity index is 943. The molecule has 0 saturated carbocycles. The van der Waals surface area contributed by atoms with Crippen LogP contribution in [0.5, 0.6) is 5.75 Å². The summed E-state index contributed by atoms with van der Waals surface area (Å²) in [5, 5.41) is 4.35. The molecule has 1 heterocycles. The molecule has 30 heavy (non-hydrogen) atoms. The van der Waals surface area contributed by atoms with Crippen molar-refractivity contribution < 1.29 is 13.9 Å². The highest BCUT2D eigenvalue weighted by Crippen LogP contribution is 2.29. The predicted octanol–water partition coefficient (Wildman–Crippen LogP) is 6.16. The monoisotopic (exact) mass is 407 g/mol. The number of fused-ring (bicyclic) bond motifs is 1. The van der Waals surface area contributed by atoms with Crippen LogP contribution in [0.25, 0.3) is 11.0 Å². The number of ketones is 1. The van der Waals surface area contributed by atoms with Gasteiger partial charge in [0.2, 0.25) is 0 Å². The smallest absolute Gasteiger partial charge is 0.197 e. The first-order valence-electron chi connectivity index (χ1n) is 11.1. The Morgan fingerprint density at radius 2 is 1.83 bits per heavy atom. The van der Waals surface area contributed by atoms with E-state index in [4.69, 9.17) is 9.15 Å². The van der Waals surface area contributed by atoms with Crippen molar-refractivity contribution in [1.82, 2.24) is 5.32 Å². The van der Waals surface area contributed by atoms with Crippen molar-refractivity contribution in [3.8, 4) is 5.75 Å². The molecule has 3 rings (SSSR count). The molecule has 0 fully saturated rings. The van der Waals surface area contributed by atoms with Gasteiger partial charge in [-0.25, -0.2) is 0 Å². The second-order valence-electron chi connectivity index (χ2n) is 7.82. The van der Waals surface area contributed by atoms with Crippen molar-refractivity contribution in [3.05, 3.63) is 65.4 Å². The van der Waals surface area contributed by atoms with Crippen molar-refractivity contribution in [3.63, 3.8) is 0 Å². The third-order valence-corrected chi connectivity index (χ3v) is 5.46. The summed E-state index contributed by atoms with van der Waals surface area (Å²) >= 11 is 0. The number of furan rings is 1. The molecule has 0 aliphatic rings. The number of aryl methyl sites for hydroxylation is 1. The fourth-order valence-electron chi connectivity index (χ4n) is 3.46. The number of ether oxygens (including phenoxy) is 1. The van der Waals surface area contributed by atoms with Crippen LogP contribution in [0.2, 0.25) is 0 Å². The number of benzene rings is 2. The van der Waals surface area contributed by atoms with Gasteiger partial charge >= 0.3 is 0 Å². The maximum absolute atomic E-state index is 13.3. The fourth-order valence-corrected chi connectivity index (χ4v) is 3.46. The normalized spacial score (nSPS) is 12.2. The number of rotatable bonds is 12. The SMILES string of the molecule is CCCCc1oc2ccccc2c1C(=O)c1ccc(OCCCNC(C)CC)cc1. The lowest BCUT2D eigenvalue weighted by molar-refractivity contribution is 0.103. The Morgan fingerprint density at radius 3 is 2.57 bits per heavy atom. The summed E-state index contributed by atoms with van der Waals surface area (Å²) < 4.78 is 11.8. The molecule has 1 aromatic heterocycles. The molecule has 0 aliphatic carbocycles. The summed E-state index contributed by atoms with van der Waals surface area (Å²) in [6, 6.07) is 15.8. The quantitative estimate of drug-likeness (QED) is 0.288. The van der Waals surface area contributed by atoms with Crippen molar-refractivity contribution in [2.45, 2.75) is 58.9 Å². The lowest BCUT2D eigenvalue weighted by Crippen LogP contribution is -2.27. The van der Waals surface area contributed by atoms with E-state index in [2.05, 4.69) is 26.1 Å². The van der Waals surface area contributed by atoms with Crippen LogP contribution in [0.15, 0.2) is 52.9 Å². The molecule has 160 valence electrons. The summed E-state index contributed by atoms with van der Waals surface area (Å²) in [7, 11) is 0. The molecule has 3 aromatic rings. The second kappa shape index (κ2) is 11.0. The van der Waals surface area contributed by atoms with Crippen molar-refractivity contribution in [2.24, 2.45) is 0 Å². The second-order valence-corrected chi connectivity index (χ2v) is 7.82. The minimum atomic E-state index is 0.00959. The Labute approximate surface area is 179 Å². The number of carbonyl (C=O) groups is 1. The van der Waals surface area contributed by atoms with Gasteiger partial charge < -0.3 is 14.5 Å². The maximum Gasteiger partial charge on any atom is 0.197 e. The number of nitrogens with one attached hydrogen (secondary N) is 1. The van der Waals surface area contributed by atoms with Crippen LogP contribution in [-0.4, -0.2) is 25.0 Å². The molecule has 0 bridgehead atoms. The van der Waals surface area contributed by atoms with Gasteiger partial charge in [-0.2, -0.15) is 0 Å². The Hall–Kier alpha value is -2.59. The first kappa shape index (κ1) is 22.1. The van der Waals surface area contributed by atoms with Gasteiger partial charge in [-0.1, -0.05) is 38.5 Å². The summed E-state index contributed by atoms with van der Waals surface area (Å²) in [5.74, 6) is 1.59. The number of carbonyl (C=O) groups excluding carboxylic acids is 1. The highest BCUT2D eigenvalue weighted by Gasteiger charge is 2.21. The summed E-state index contributed by atoms with van der Waals surface area (Å²) in [6.07, 6.45) is 4.91. The predicted molar refractivity (Wildman–Crippen MR) is 123 cm³/mol. The number of hydrogen-bond donors (Lipinski definition) is 1. The molecule has 0 amide bonds. The largest absolute Gasteiger partial charge is 0.494 e. The van der Waals surface area contributed by atoms with Crippen LogP contribution in [0.1, 0.15) is 68.1 Å². The van der Waals surface area contributed by atoms with E-state index in [-0.39, 0.29) is 5.78 Å². The average molecular weight is 408 g/mol. The minimum Gasteiger partial charge on any atom is -0.494 e. The Morgan fingerprint density at radius 1 is 1.07 bits per heavy atom. The fraction of sp³-hybridized carbons (Fsp3) is 0.423. The molecule has 1 unspecified atom stereocenters. The van der Waals surface area contributed by atoms with Crippen LogP contribution >= 0.6 is 0 Å². The van der Waals surface area contributed by atoms with E-state index < -0.39 is 0 Å². The maximum atomic E-state index is 13.3. The first-order valence-corrected chi connectivity index (χ1v) is 11.1. The first-order chi connectivity index (χ1) is 14.6. The van der Waals surface area contributed by atoms with Gasteiger partial charge in [-0.3, -0.25) is 4.79 Å². The number of unbranched alkanes of at least 4 members (excludes halogenated alkanes) is 1. The highest BCUT2D eigenvalue weighted by molar-refractivity contribution is 6.16. The van der Waals surface area contributed by atoms with E-state index in [0.29, 0.717) is 23.8 Å². The topological polar surface area (TPSA) is 51.5 Å². The highest BCUT2D eigenvalue weighted by atomic mass is 16.5. The zero-order valence-corrected chi connectivity index (χ0v) is 18.4. The molecule has 1 atom stereocenters. The Kier molecular flexibility index (Phi) is 8.09. The van der Waals surface area contributed by atoms with E-state index in [1.54, 1.807) is 0 Å². The molecule has 1 N–H and O–H groups in total. The van der Waals surface area contributed by atoms with Crippen molar-refractivity contribution in [1.29, 1.82) is 0 Å². The van der Waals surface area contributed by atoms with Crippen LogP contribution in [0.4, 0.5) is 0 Å². The van der Waals surface area contributed by atoms with Crippen LogP contribution in [0.3, 0.4) is 0 Å². The molecule has 0 radical (unpaired) electrons. The summed E-state index contributed by atoms with van der Waals surface area (Å²) in [5.41, 5.74) is 2.13. The van der Waals surface area contributed by atoms with E-state index in [9.17, 15) is 4.79 Å². The van der Waals surface area contributed by atoms with Crippen LogP contribution in [-0.2, 0) is 6.42 Å². The van der Waals surface area contributed by atoms with Gasteiger partial charge in [0.15, 0.2) is 5.78 Å². The van der Waals surface area contributed by atoms with Gasteiger partial charge in [-0.05, 0) is 63.1 Å². The zero-order valence-electron chi connectivity index (χ0n) is 18.4. The lowest BCUT2D eigenvalue weighted by Gasteiger charge is -2.11. The van der Waals surface area contributed by atoms with Gasteiger partial charge in [0.1, 0.15) is 17.1 Å². The Balaban J connectivity index is 1.67. The van der Waals surface area contributed by atoms with Gasteiger partial charge in [0, 0.05) is 23.4 Å². The minimum absolute atomic E-state index is 0.00959. The molecular weight excluding hydrogens is 374 g/mol. The van der Waals surface area contributed by atoms with E-state index in [0.717, 1.165) is 61.1 Å². The summed E-state index contributed by atoms with van der Waals surface area (Å²) in [4.78, 5) is 13.3. The van der Waals surface area contributed by atoms with Crippen molar-refractivity contribution in [2.75, 3.05) is 13.2 Å². The number of para-hydroxylation sites is 1. The van der Waals surface area contributed by atoms with Gasteiger partial charge in [-0.15, -0.1) is 0 Å². The molecular formula is C26H33NO3. The van der Waals surface area contributed by atoms with E-state index in [1.165, 1.54) is 0 Å². The molecule has 0 saturated heterocycles. The summed E-state index contributed by atoms with van der Waals surface area (Å²) in [6.45, 7) is 8.11. The lowest BCUT2D eigenvalue weighted by atomic mass is 9.98.